The lowest BCUT2D eigenvalue weighted by Crippen LogP contribution is -2.44. The average Bonchev–Trinajstić information content (AvgIpc) is 3.48. The first-order valence-corrected chi connectivity index (χ1v) is 12.5. The van der Waals surface area contributed by atoms with Crippen LogP contribution in [0.3, 0.4) is 0 Å². The van der Waals surface area contributed by atoms with E-state index in [-0.39, 0.29) is 16.0 Å². The maximum absolute atomic E-state index is 12.9. The Kier molecular flexibility index (Phi) is 7.73. The number of amides is 2. The minimum Gasteiger partial charge on any atom is -0.493 e. The normalized spacial score (nSPS) is 14.2. The summed E-state index contributed by atoms with van der Waals surface area (Å²) in [4.78, 5) is 26.0. The van der Waals surface area contributed by atoms with Gasteiger partial charge in [-0.2, -0.15) is 10.3 Å². The third kappa shape index (κ3) is 5.49. The highest BCUT2D eigenvalue weighted by atomic mass is 35.5. The van der Waals surface area contributed by atoms with Gasteiger partial charge in [-0.25, -0.2) is 0 Å². The first-order valence-electron chi connectivity index (χ1n) is 10.0. The molecule has 2 heterocycles. The molecule has 0 unspecified atom stereocenters. The zero-order valence-electron chi connectivity index (χ0n) is 18.1. The fourth-order valence-electron chi connectivity index (χ4n) is 3.15. The van der Waals surface area contributed by atoms with E-state index in [4.69, 9.17) is 33.3 Å². The second-order valence-corrected chi connectivity index (χ2v) is 10.1. The Labute approximate surface area is 219 Å². The van der Waals surface area contributed by atoms with Crippen LogP contribution in [0.25, 0.3) is 6.08 Å². The molecule has 0 bridgehead atoms. The van der Waals surface area contributed by atoms with Gasteiger partial charge >= 0.3 is 0 Å². The molecule has 0 atom stereocenters. The van der Waals surface area contributed by atoms with Crippen LogP contribution in [0.15, 0.2) is 58.8 Å². The lowest BCUT2D eigenvalue weighted by molar-refractivity contribution is -0.123. The number of ether oxygens (including phenoxy) is 2. The Morgan fingerprint density at radius 3 is 2.80 bits per heavy atom. The van der Waals surface area contributed by atoms with Crippen LogP contribution in [0.1, 0.15) is 26.4 Å². The predicted octanol–water partition coefficient (Wildman–Crippen LogP) is 5.41. The molecule has 4 rings (SSSR count). The highest BCUT2D eigenvalue weighted by Gasteiger charge is 2.34. The molecule has 7 nitrogen and oxygen atoms in total. The van der Waals surface area contributed by atoms with Crippen molar-refractivity contribution in [2.24, 2.45) is 0 Å². The molecule has 1 saturated heterocycles. The highest BCUT2D eigenvalue weighted by molar-refractivity contribution is 8.26. The van der Waals surface area contributed by atoms with Crippen LogP contribution in [0, 0.1) is 11.3 Å². The number of rotatable bonds is 7. The first kappa shape index (κ1) is 24.8. The predicted molar refractivity (Wildman–Crippen MR) is 140 cm³/mol. The monoisotopic (exact) mass is 541 g/mol. The van der Waals surface area contributed by atoms with E-state index < -0.39 is 11.8 Å². The van der Waals surface area contributed by atoms with Gasteiger partial charge in [-0.15, -0.1) is 11.3 Å². The van der Waals surface area contributed by atoms with Crippen molar-refractivity contribution in [3.63, 3.8) is 0 Å². The number of thioether (sulfide) groups is 1. The van der Waals surface area contributed by atoms with Crippen LogP contribution < -0.4 is 14.9 Å². The van der Waals surface area contributed by atoms with Gasteiger partial charge in [0.25, 0.3) is 11.8 Å². The second kappa shape index (κ2) is 10.9. The van der Waals surface area contributed by atoms with Crippen molar-refractivity contribution in [1.82, 2.24) is 10.4 Å². The number of nitrogens with one attached hydrogen (secondary N) is 1. The van der Waals surface area contributed by atoms with E-state index in [9.17, 15) is 14.9 Å². The van der Waals surface area contributed by atoms with Crippen molar-refractivity contribution in [2.75, 3.05) is 7.11 Å². The van der Waals surface area contributed by atoms with E-state index >= 15 is 0 Å². The van der Waals surface area contributed by atoms with E-state index in [1.165, 1.54) is 18.4 Å². The molecule has 1 N–H and O–H groups in total. The van der Waals surface area contributed by atoms with Gasteiger partial charge in [0, 0.05) is 5.56 Å². The fourth-order valence-corrected chi connectivity index (χ4v) is 5.21. The van der Waals surface area contributed by atoms with Gasteiger partial charge in [-0.3, -0.25) is 15.0 Å². The molecule has 1 aliphatic rings. The standard InChI is InChI=1S/C24H16ClN3O4S3/c1-31-18-10-14(9-17(25)21(18)32-13-16-6-3-2-5-15(16)12-26)11-20-23(30)28(24(33)35-20)27-22(29)19-7-4-8-34-19/h2-11H,13H2,1H3,(H,27,29)/b20-11-. The van der Waals surface area contributed by atoms with Crippen LogP contribution >= 0.6 is 46.9 Å². The van der Waals surface area contributed by atoms with Crippen LogP contribution in [-0.4, -0.2) is 28.3 Å². The summed E-state index contributed by atoms with van der Waals surface area (Å²) in [5, 5.41) is 12.4. The number of nitriles is 1. The number of benzene rings is 2. The Balaban J connectivity index is 1.53. The molecule has 1 aliphatic heterocycles. The number of methoxy groups -OCH3 is 1. The summed E-state index contributed by atoms with van der Waals surface area (Å²) in [6.45, 7) is 0.127. The number of halogens is 1. The summed E-state index contributed by atoms with van der Waals surface area (Å²) in [6, 6.07) is 15.9. The van der Waals surface area contributed by atoms with Gasteiger partial charge in [0.05, 0.1) is 33.5 Å². The Morgan fingerprint density at radius 1 is 1.29 bits per heavy atom. The molecule has 0 aliphatic carbocycles. The van der Waals surface area contributed by atoms with E-state index in [0.29, 0.717) is 38.0 Å². The van der Waals surface area contributed by atoms with Crippen molar-refractivity contribution >= 4 is 69.1 Å². The summed E-state index contributed by atoms with van der Waals surface area (Å²) in [5.74, 6) is -0.190. The highest BCUT2D eigenvalue weighted by Crippen LogP contribution is 2.39. The summed E-state index contributed by atoms with van der Waals surface area (Å²) in [6.07, 6.45) is 1.61. The minimum absolute atomic E-state index is 0.127. The van der Waals surface area contributed by atoms with Crippen LogP contribution in [0.5, 0.6) is 11.5 Å². The number of thiocarbonyl (C=S) groups is 1. The summed E-state index contributed by atoms with van der Waals surface area (Å²) < 4.78 is 11.5. The Morgan fingerprint density at radius 2 is 2.09 bits per heavy atom. The van der Waals surface area contributed by atoms with E-state index in [1.54, 1.807) is 53.9 Å². The molecule has 0 saturated carbocycles. The van der Waals surface area contributed by atoms with Crippen molar-refractivity contribution in [3.8, 4) is 17.6 Å². The molecule has 11 heteroatoms. The maximum Gasteiger partial charge on any atom is 0.285 e. The van der Waals surface area contributed by atoms with Gasteiger partial charge in [-0.05, 0) is 53.5 Å². The zero-order chi connectivity index (χ0) is 24.9. The smallest absolute Gasteiger partial charge is 0.285 e. The molecule has 0 spiro atoms. The number of carbonyl (C=O) groups excluding carboxylic acids is 2. The van der Waals surface area contributed by atoms with Crippen LogP contribution in [0.2, 0.25) is 5.02 Å². The van der Waals surface area contributed by atoms with Gasteiger partial charge in [0.15, 0.2) is 15.8 Å². The second-order valence-electron chi connectivity index (χ2n) is 7.03. The molecule has 3 aromatic rings. The van der Waals surface area contributed by atoms with Crippen molar-refractivity contribution in [2.45, 2.75) is 6.61 Å². The third-order valence-corrected chi connectivity index (χ3v) is 7.26. The Hall–Kier alpha value is -3.36. The van der Waals surface area contributed by atoms with E-state index in [0.717, 1.165) is 16.8 Å². The quantitative estimate of drug-likeness (QED) is 0.316. The molecule has 35 heavy (non-hydrogen) atoms. The summed E-state index contributed by atoms with van der Waals surface area (Å²) >= 11 is 14.1. The third-order valence-electron chi connectivity index (χ3n) is 4.81. The molecule has 1 fully saturated rings. The van der Waals surface area contributed by atoms with Gasteiger partial charge in [0.2, 0.25) is 0 Å². The number of hydrazine groups is 1. The molecule has 2 aromatic carbocycles. The summed E-state index contributed by atoms with van der Waals surface area (Å²) in [7, 11) is 1.48. The van der Waals surface area contributed by atoms with Crippen molar-refractivity contribution in [3.05, 3.63) is 85.4 Å². The number of nitrogens with zero attached hydrogens (tertiary/aromatic N) is 2. The lowest BCUT2D eigenvalue weighted by Gasteiger charge is -2.15. The largest absolute Gasteiger partial charge is 0.493 e. The fraction of sp³-hybridized carbons (Fsp3) is 0.0833. The van der Waals surface area contributed by atoms with E-state index in [1.807, 2.05) is 6.07 Å². The van der Waals surface area contributed by atoms with Gasteiger partial charge in [-0.1, -0.05) is 47.6 Å². The molecule has 2 amide bonds. The number of carbonyl (C=O) groups is 2. The minimum atomic E-state index is -0.451. The zero-order valence-corrected chi connectivity index (χ0v) is 21.3. The molecule has 0 radical (unpaired) electrons. The number of thiophene rings is 1. The first-order chi connectivity index (χ1) is 16.9. The molecular weight excluding hydrogens is 526 g/mol. The molecule has 176 valence electrons. The topological polar surface area (TPSA) is 91.7 Å². The lowest BCUT2D eigenvalue weighted by atomic mass is 10.1. The molecule has 1 aromatic heterocycles. The summed E-state index contributed by atoms with van der Waals surface area (Å²) in [5.41, 5.74) is 4.35. The van der Waals surface area contributed by atoms with Gasteiger partial charge in [0.1, 0.15) is 6.61 Å². The van der Waals surface area contributed by atoms with Crippen molar-refractivity contribution in [1.29, 1.82) is 5.26 Å². The maximum atomic E-state index is 12.9. The number of hydrogen-bond donors (Lipinski definition) is 1. The van der Waals surface area contributed by atoms with Crippen LogP contribution in [0.4, 0.5) is 0 Å². The van der Waals surface area contributed by atoms with E-state index in [2.05, 4.69) is 11.5 Å². The van der Waals surface area contributed by atoms with Crippen molar-refractivity contribution < 1.29 is 19.1 Å². The SMILES string of the molecule is COc1cc(/C=C2\SC(=S)N(NC(=O)c3cccs3)C2=O)cc(Cl)c1OCc1ccccc1C#N. The molecular formula is C24H16ClN3O4S3. The average molecular weight is 542 g/mol. The Bertz CT molecular complexity index is 1380. The number of hydrogen-bond acceptors (Lipinski definition) is 8. The van der Waals surface area contributed by atoms with Crippen LogP contribution in [-0.2, 0) is 11.4 Å². The van der Waals surface area contributed by atoms with Gasteiger partial charge < -0.3 is 9.47 Å².